The number of benzene rings is 5. The second-order valence-corrected chi connectivity index (χ2v) is 10.5. The van der Waals surface area contributed by atoms with Gasteiger partial charge in [-0.1, -0.05) is 189 Å². The first-order valence-corrected chi connectivity index (χ1v) is 14.2. The van der Waals surface area contributed by atoms with E-state index < -0.39 is 6.15 Å². The van der Waals surface area contributed by atoms with Crippen LogP contribution in [0.15, 0.2) is 170 Å². The molecule has 206 valence electrons. The number of allylic oxidation sites excluding steroid dienone is 4. The Morgan fingerprint density at radius 1 is 0.415 bits per heavy atom. The van der Waals surface area contributed by atoms with E-state index in [1.165, 1.54) is 33.0 Å². The van der Waals surface area contributed by atoms with Gasteiger partial charge in [0.1, 0.15) is 6.15 Å². The fraction of sp³-hybridized carbons (Fsp3) is 0.103. The Hall–Kier alpha value is -3.73. The molecule has 2 radical (unpaired) electrons. The second kappa shape index (κ2) is 16.5. The minimum Gasteiger partial charge on any atom is -0.195 e. The van der Waals surface area contributed by atoms with Gasteiger partial charge in [-0.05, 0) is 18.4 Å². The average molecular weight is 620 g/mol. The molecule has 0 atom stereocenters. The van der Waals surface area contributed by atoms with Gasteiger partial charge in [0.05, 0.1) is 0 Å². The molecular weight excluding hydrogens is 580 g/mol. The fourth-order valence-corrected chi connectivity index (χ4v) is 5.39. The van der Waals surface area contributed by atoms with Crippen molar-refractivity contribution in [3.05, 3.63) is 187 Å². The summed E-state index contributed by atoms with van der Waals surface area (Å²) in [5, 5.41) is 0. The van der Waals surface area contributed by atoms with Gasteiger partial charge in [0, 0.05) is 6.42 Å². The molecule has 0 aromatic heterocycles. The van der Waals surface area contributed by atoms with Crippen molar-refractivity contribution < 1.29 is 19.5 Å². The van der Waals surface area contributed by atoms with Crippen molar-refractivity contribution in [3.8, 4) is 0 Å². The third kappa shape index (κ3) is 8.39. The van der Waals surface area contributed by atoms with Crippen molar-refractivity contribution >= 4 is 28.0 Å². The first-order valence-electron chi connectivity index (χ1n) is 14.2. The second-order valence-electron chi connectivity index (χ2n) is 10.5. The first kappa shape index (κ1) is 31.8. The standard InChI is InChI=1S/C24H20B.C10H14.C5H5.Ru/c1-5-13-21(14-6-1)25(22-15-7-2-8-16-22,23-17-9-3-10-18-23)24-19-11-4-12-20-24;1-8(2)10-6-4-9(3)5-7-10;1-2-4-5-3-1;/h1-20H;4-8H,1-3H3;1-5H;/q-1;;;+1. The molecule has 5 aromatic rings. The van der Waals surface area contributed by atoms with E-state index in [1.807, 2.05) is 30.7 Å². The van der Waals surface area contributed by atoms with Crippen LogP contribution in [0.4, 0.5) is 0 Å². The molecule has 6 rings (SSSR count). The van der Waals surface area contributed by atoms with E-state index in [1.54, 1.807) is 0 Å². The fourth-order valence-electron chi connectivity index (χ4n) is 5.39. The summed E-state index contributed by atoms with van der Waals surface area (Å²) in [7, 11) is 0. The SMILES string of the molecule is Cc1ccc(C(C)C)cc1.[CH]1C=CC=C1.[Ru+].c1ccc([B-](c2ccccc2)(c2ccccc2)c2ccccc2)cc1. The number of aryl methyl sites for hydroxylation is 1. The Labute approximate surface area is 260 Å². The molecule has 1 aliphatic carbocycles. The summed E-state index contributed by atoms with van der Waals surface area (Å²) in [6, 6.07) is 52.2. The van der Waals surface area contributed by atoms with Crippen LogP contribution in [0.2, 0.25) is 0 Å². The molecule has 0 bridgehead atoms. The summed E-state index contributed by atoms with van der Waals surface area (Å²) in [5.41, 5.74) is 8.12. The Balaban J connectivity index is 0.000000238. The maximum Gasteiger partial charge on any atom is 1.00 e. The van der Waals surface area contributed by atoms with Crippen molar-refractivity contribution in [3.63, 3.8) is 0 Å². The molecule has 0 N–H and O–H groups in total. The van der Waals surface area contributed by atoms with Gasteiger partial charge >= 0.3 is 19.5 Å². The largest absolute Gasteiger partial charge is 1.00 e. The Bertz CT molecular complexity index is 1280. The summed E-state index contributed by atoms with van der Waals surface area (Å²) in [4.78, 5) is 0. The van der Waals surface area contributed by atoms with Crippen molar-refractivity contribution in [2.45, 2.75) is 26.7 Å². The van der Waals surface area contributed by atoms with Crippen molar-refractivity contribution in [2.75, 3.05) is 0 Å². The van der Waals surface area contributed by atoms with Crippen molar-refractivity contribution in [1.82, 2.24) is 0 Å². The number of rotatable bonds is 5. The van der Waals surface area contributed by atoms with Gasteiger partial charge in [0.2, 0.25) is 0 Å². The predicted octanol–water partition coefficient (Wildman–Crippen LogP) is 7.50. The molecule has 0 spiro atoms. The molecule has 0 fully saturated rings. The molecule has 0 amide bonds. The van der Waals surface area contributed by atoms with Gasteiger partial charge in [-0.2, -0.15) is 21.9 Å². The summed E-state index contributed by atoms with van der Waals surface area (Å²) in [6.07, 6.45) is 8.78. The molecule has 0 saturated carbocycles. The Kier molecular flexibility index (Phi) is 12.8. The van der Waals surface area contributed by atoms with Gasteiger partial charge in [0.15, 0.2) is 0 Å². The maximum atomic E-state index is 2.26. The molecule has 41 heavy (non-hydrogen) atoms. The average Bonchev–Trinajstić information content (AvgIpc) is 3.61. The van der Waals surface area contributed by atoms with Gasteiger partial charge in [-0.25, -0.2) is 0 Å². The van der Waals surface area contributed by atoms with Crippen LogP contribution in [0.3, 0.4) is 0 Å². The van der Waals surface area contributed by atoms with Crippen LogP contribution in [0.1, 0.15) is 30.9 Å². The molecule has 1 aliphatic rings. The number of hydrogen-bond donors (Lipinski definition) is 0. The quantitative estimate of drug-likeness (QED) is 0.179. The molecule has 0 unspecified atom stereocenters. The zero-order chi connectivity index (χ0) is 28.0. The first-order chi connectivity index (χ1) is 19.6. The van der Waals surface area contributed by atoms with Gasteiger partial charge < -0.3 is 0 Å². The van der Waals surface area contributed by atoms with E-state index in [4.69, 9.17) is 0 Å². The normalized spacial score (nSPS) is 11.5. The molecule has 0 heterocycles. The zero-order valence-electron chi connectivity index (χ0n) is 24.3. The molecule has 0 nitrogen and oxygen atoms in total. The van der Waals surface area contributed by atoms with Crippen LogP contribution in [0, 0.1) is 13.3 Å². The molecule has 0 saturated heterocycles. The Morgan fingerprint density at radius 3 is 0.976 bits per heavy atom. The third-order valence-electron chi connectivity index (χ3n) is 7.50. The van der Waals surface area contributed by atoms with Gasteiger partial charge in [0.25, 0.3) is 0 Å². The smallest absolute Gasteiger partial charge is 0.195 e. The van der Waals surface area contributed by atoms with Crippen LogP contribution >= 0.6 is 0 Å². The van der Waals surface area contributed by atoms with Crippen molar-refractivity contribution in [2.24, 2.45) is 0 Å². The zero-order valence-corrected chi connectivity index (χ0v) is 26.0. The van der Waals surface area contributed by atoms with Crippen LogP contribution < -0.4 is 21.9 Å². The van der Waals surface area contributed by atoms with Crippen LogP contribution in [0.5, 0.6) is 0 Å². The monoisotopic (exact) mass is 620 g/mol. The third-order valence-corrected chi connectivity index (χ3v) is 7.50. The van der Waals surface area contributed by atoms with Gasteiger partial charge in [-0.3, -0.25) is 0 Å². The predicted molar refractivity (Wildman–Crippen MR) is 178 cm³/mol. The molecule has 0 aliphatic heterocycles. The molecule has 2 heteroatoms. The summed E-state index contributed by atoms with van der Waals surface area (Å²) in [5.74, 6) is 0.653. The topological polar surface area (TPSA) is 0 Å². The van der Waals surface area contributed by atoms with E-state index in [0.717, 1.165) is 0 Å². The number of hydrogen-bond acceptors (Lipinski definition) is 0. The molecular formula is C39H39BRu. The van der Waals surface area contributed by atoms with Crippen molar-refractivity contribution in [1.29, 1.82) is 0 Å². The van der Waals surface area contributed by atoms with Crippen LogP contribution in [-0.2, 0) is 19.5 Å². The molecule has 5 aromatic carbocycles. The van der Waals surface area contributed by atoms with E-state index >= 15 is 0 Å². The maximum absolute atomic E-state index is 2.26. The Morgan fingerprint density at radius 2 is 0.732 bits per heavy atom. The van der Waals surface area contributed by atoms with E-state index in [-0.39, 0.29) is 19.5 Å². The van der Waals surface area contributed by atoms with Crippen LogP contribution in [0.25, 0.3) is 0 Å². The van der Waals surface area contributed by atoms with E-state index in [9.17, 15) is 0 Å². The van der Waals surface area contributed by atoms with Crippen LogP contribution in [-0.4, -0.2) is 6.15 Å². The summed E-state index contributed by atoms with van der Waals surface area (Å²) < 4.78 is 0. The minimum atomic E-state index is -1.22. The summed E-state index contributed by atoms with van der Waals surface area (Å²) in [6.45, 7) is 6.54. The minimum absolute atomic E-state index is 0. The summed E-state index contributed by atoms with van der Waals surface area (Å²) >= 11 is 0. The van der Waals surface area contributed by atoms with E-state index in [0.29, 0.717) is 5.92 Å². The van der Waals surface area contributed by atoms with E-state index in [2.05, 4.69) is 166 Å². The van der Waals surface area contributed by atoms with Gasteiger partial charge in [-0.15, -0.1) is 0 Å².